The van der Waals surface area contributed by atoms with Crippen LogP contribution in [0.3, 0.4) is 0 Å². The number of unbranched alkanes of at least 4 members (excludes halogenated alkanes) is 1. The molecule has 14 heteroatoms. The lowest BCUT2D eigenvalue weighted by Crippen LogP contribution is -2.45. The van der Waals surface area contributed by atoms with Crippen molar-refractivity contribution < 1.29 is 19.2 Å². The molecule has 0 aliphatic carbocycles. The van der Waals surface area contributed by atoms with E-state index in [4.69, 9.17) is 17.3 Å². The van der Waals surface area contributed by atoms with Crippen LogP contribution in [0.2, 0.25) is 5.02 Å². The van der Waals surface area contributed by atoms with Crippen LogP contribution in [0, 0.1) is 0 Å². The van der Waals surface area contributed by atoms with Gasteiger partial charge in [0.15, 0.2) is 0 Å². The van der Waals surface area contributed by atoms with Gasteiger partial charge in [-0.15, -0.1) is 11.3 Å². The third kappa shape index (κ3) is 6.91. The standard InChI is InChI=1S/C25H31ClN8O4S/c1-14(35)29-8-4-3-5-17(22(36)28-2)31-23(37)19-13-39-24(32-19)20-9-16(27)11-34(20)25(38)18-12-33-10-15(26)6-7-21(33)30-18/h6-7,10,12-13,16-17,20H,3-5,8-9,11,27H2,1-2H3,(H,28,36)(H,29,35)(H,31,37)/t16-,17?,20+/m1/s1. The zero-order valence-corrected chi connectivity index (χ0v) is 23.2. The molecule has 3 aromatic heterocycles. The van der Waals surface area contributed by atoms with Crippen LogP contribution in [0.4, 0.5) is 0 Å². The van der Waals surface area contributed by atoms with Gasteiger partial charge in [-0.25, -0.2) is 9.97 Å². The highest BCUT2D eigenvalue weighted by Gasteiger charge is 2.38. The first-order chi connectivity index (χ1) is 18.7. The van der Waals surface area contributed by atoms with E-state index in [1.807, 2.05) is 0 Å². The van der Waals surface area contributed by atoms with Crippen molar-refractivity contribution in [3.8, 4) is 0 Å². The van der Waals surface area contributed by atoms with Crippen molar-refractivity contribution in [3.63, 3.8) is 0 Å². The van der Waals surface area contributed by atoms with Crippen molar-refractivity contribution >= 4 is 52.2 Å². The van der Waals surface area contributed by atoms with Crippen LogP contribution in [0.15, 0.2) is 29.9 Å². The predicted molar refractivity (Wildman–Crippen MR) is 147 cm³/mol. The Morgan fingerprint density at radius 3 is 2.72 bits per heavy atom. The summed E-state index contributed by atoms with van der Waals surface area (Å²) in [5.41, 5.74) is 7.24. The molecule has 1 unspecified atom stereocenters. The van der Waals surface area contributed by atoms with Gasteiger partial charge >= 0.3 is 0 Å². The molecule has 4 rings (SSSR count). The summed E-state index contributed by atoms with van der Waals surface area (Å²) in [4.78, 5) is 60.3. The Kier molecular flexibility index (Phi) is 9.15. The number of hydrogen-bond acceptors (Lipinski definition) is 8. The van der Waals surface area contributed by atoms with E-state index in [9.17, 15) is 19.2 Å². The molecule has 1 aliphatic heterocycles. The summed E-state index contributed by atoms with van der Waals surface area (Å²) in [6, 6.07) is 2.03. The lowest BCUT2D eigenvalue weighted by Gasteiger charge is -2.22. The molecule has 0 spiro atoms. The van der Waals surface area contributed by atoms with Gasteiger partial charge in [0.05, 0.1) is 11.1 Å². The molecular weight excluding hydrogens is 544 g/mol. The lowest BCUT2D eigenvalue weighted by molar-refractivity contribution is -0.122. The average Bonchev–Trinajstić information content (AvgIpc) is 3.64. The minimum absolute atomic E-state index is 0.114. The highest BCUT2D eigenvalue weighted by Crippen LogP contribution is 2.34. The predicted octanol–water partition coefficient (Wildman–Crippen LogP) is 1.51. The molecule has 4 amide bonds. The zero-order valence-electron chi connectivity index (χ0n) is 21.6. The number of nitrogens with two attached hydrogens (primary N) is 1. The number of carbonyl (C=O) groups is 4. The number of amides is 4. The molecule has 1 fully saturated rings. The fraction of sp³-hybridized carbons (Fsp3) is 0.440. The van der Waals surface area contributed by atoms with Gasteiger partial charge in [-0.05, 0) is 37.8 Å². The molecule has 12 nitrogen and oxygen atoms in total. The summed E-state index contributed by atoms with van der Waals surface area (Å²) < 4.78 is 1.69. The fourth-order valence-corrected chi connectivity index (χ4v) is 5.59. The second-order valence-electron chi connectivity index (χ2n) is 9.40. The Balaban J connectivity index is 1.43. The average molecular weight is 575 g/mol. The normalized spacial score (nSPS) is 17.7. The number of rotatable bonds is 10. The van der Waals surface area contributed by atoms with Crippen molar-refractivity contribution in [2.75, 3.05) is 20.1 Å². The molecular formula is C25H31ClN8O4S. The first kappa shape index (κ1) is 28.5. The molecule has 3 aromatic rings. The summed E-state index contributed by atoms with van der Waals surface area (Å²) in [5, 5.41) is 10.8. The molecule has 4 heterocycles. The monoisotopic (exact) mass is 574 g/mol. The zero-order chi connectivity index (χ0) is 28.1. The van der Waals surface area contributed by atoms with Crippen LogP contribution in [0.5, 0.6) is 0 Å². The highest BCUT2D eigenvalue weighted by atomic mass is 35.5. The summed E-state index contributed by atoms with van der Waals surface area (Å²) >= 11 is 7.32. The Hall–Kier alpha value is -3.55. The third-order valence-corrected chi connectivity index (χ3v) is 7.60. The molecule has 5 N–H and O–H groups in total. The number of likely N-dealkylation sites (tertiary alicyclic amines) is 1. The first-order valence-electron chi connectivity index (χ1n) is 12.6. The number of carbonyl (C=O) groups excluding carboxylic acids is 4. The molecule has 1 saturated heterocycles. The van der Waals surface area contributed by atoms with E-state index in [0.29, 0.717) is 54.5 Å². The summed E-state index contributed by atoms with van der Waals surface area (Å²) in [7, 11) is 1.51. The van der Waals surface area contributed by atoms with Gasteiger partial charge < -0.3 is 31.0 Å². The fourth-order valence-electron chi connectivity index (χ4n) is 4.50. The smallest absolute Gasteiger partial charge is 0.274 e. The van der Waals surface area contributed by atoms with Gasteiger partial charge in [0.25, 0.3) is 11.8 Å². The maximum absolute atomic E-state index is 13.4. The number of thiazole rings is 1. The van der Waals surface area contributed by atoms with E-state index in [-0.39, 0.29) is 35.2 Å². The van der Waals surface area contributed by atoms with E-state index in [1.165, 1.54) is 25.3 Å². The minimum Gasteiger partial charge on any atom is -0.357 e. The van der Waals surface area contributed by atoms with Gasteiger partial charge in [0, 0.05) is 50.9 Å². The topological polar surface area (TPSA) is 164 Å². The van der Waals surface area contributed by atoms with E-state index in [1.54, 1.807) is 39.2 Å². The van der Waals surface area contributed by atoms with Crippen molar-refractivity contribution in [1.82, 2.24) is 35.2 Å². The van der Waals surface area contributed by atoms with E-state index in [0.717, 1.165) is 0 Å². The van der Waals surface area contributed by atoms with Gasteiger partial charge in [0.1, 0.15) is 28.1 Å². The van der Waals surface area contributed by atoms with Gasteiger partial charge in [-0.1, -0.05) is 11.6 Å². The second kappa shape index (κ2) is 12.5. The van der Waals surface area contributed by atoms with Crippen LogP contribution in [0.1, 0.15) is 64.6 Å². The molecule has 0 aromatic carbocycles. The molecule has 1 aliphatic rings. The maximum atomic E-state index is 13.4. The van der Waals surface area contributed by atoms with Crippen molar-refractivity contribution in [2.45, 2.75) is 50.7 Å². The maximum Gasteiger partial charge on any atom is 0.274 e. The molecule has 3 atom stereocenters. The molecule has 208 valence electrons. The molecule has 0 radical (unpaired) electrons. The summed E-state index contributed by atoms with van der Waals surface area (Å²) in [5.74, 6) is -1.19. The number of halogens is 1. The van der Waals surface area contributed by atoms with Crippen molar-refractivity contribution in [2.24, 2.45) is 5.73 Å². The van der Waals surface area contributed by atoms with Crippen LogP contribution < -0.4 is 21.7 Å². The van der Waals surface area contributed by atoms with E-state index < -0.39 is 18.0 Å². The first-order valence-corrected chi connectivity index (χ1v) is 13.8. The largest absolute Gasteiger partial charge is 0.357 e. The Morgan fingerprint density at radius 1 is 1.18 bits per heavy atom. The number of hydrogen-bond donors (Lipinski definition) is 4. The van der Waals surface area contributed by atoms with Gasteiger partial charge in [-0.3, -0.25) is 19.2 Å². The second-order valence-corrected chi connectivity index (χ2v) is 10.7. The Morgan fingerprint density at radius 2 is 1.97 bits per heavy atom. The Labute approximate surface area is 234 Å². The summed E-state index contributed by atoms with van der Waals surface area (Å²) in [6.07, 6.45) is 5.51. The van der Waals surface area contributed by atoms with E-state index >= 15 is 0 Å². The molecule has 0 saturated carbocycles. The SMILES string of the molecule is CNC(=O)C(CCCCNC(C)=O)NC(=O)c1csc([C@@H]2C[C@@H](N)CN2C(=O)c2cn3cc(Cl)ccc3n2)n1. The van der Waals surface area contributed by atoms with Crippen LogP contribution in [-0.4, -0.2) is 75.1 Å². The number of pyridine rings is 1. The number of imidazole rings is 1. The number of fused-ring (bicyclic) bond motifs is 1. The van der Waals surface area contributed by atoms with Gasteiger partial charge in [0.2, 0.25) is 11.8 Å². The quantitative estimate of drug-likeness (QED) is 0.266. The van der Waals surface area contributed by atoms with Crippen LogP contribution >= 0.6 is 22.9 Å². The Bertz CT molecular complexity index is 1380. The van der Waals surface area contributed by atoms with Crippen LogP contribution in [0.25, 0.3) is 5.65 Å². The summed E-state index contributed by atoms with van der Waals surface area (Å²) in [6.45, 7) is 2.27. The number of likely N-dealkylation sites (N-methyl/N-ethyl adjacent to an activating group) is 1. The van der Waals surface area contributed by atoms with Gasteiger partial charge in [-0.2, -0.15) is 0 Å². The lowest BCUT2D eigenvalue weighted by atomic mass is 10.1. The van der Waals surface area contributed by atoms with Crippen molar-refractivity contribution in [3.05, 3.63) is 51.3 Å². The van der Waals surface area contributed by atoms with E-state index in [2.05, 4.69) is 25.9 Å². The number of nitrogens with zero attached hydrogens (tertiary/aromatic N) is 4. The molecule has 39 heavy (non-hydrogen) atoms. The highest BCUT2D eigenvalue weighted by molar-refractivity contribution is 7.09. The molecule has 0 bridgehead atoms. The number of nitrogens with one attached hydrogen (secondary N) is 3. The van der Waals surface area contributed by atoms with Crippen LogP contribution in [-0.2, 0) is 9.59 Å². The number of aromatic nitrogens is 3. The minimum atomic E-state index is -0.744. The van der Waals surface area contributed by atoms with Crippen molar-refractivity contribution in [1.29, 1.82) is 0 Å². The third-order valence-electron chi connectivity index (χ3n) is 6.43.